The standard InChI is InChI=1S/C12H12BrN3O3/c1-3-9(13)12-15-14-11(19-12)8-4-5-10(16(17)18)7(2)6-8/h4-6,9H,3H2,1-2H3. The van der Waals surface area contributed by atoms with E-state index >= 15 is 0 Å². The van der Waals surface area contributed by atoms with Crippen molar-refractivity contribution in [1.29, 1.82) is 0 Å². The molecular formula is C12H12BrN3O3. The van der Waals surface area contributed by atoms with Gasteiger partial charge in [-0.25, -0.2) is 0 Å². The third kappa shape index (κ3) is 2.81. The molecule has 2 aromatic rings. The number of nitro groups is 1. The summed E-state index contributed by atoms with van der Waals surface area (Å²) in [5.41, 5.74) is 1.32. The number of alkyl halides is 1. The van der Waals surface area contributed by atoms with Crippen LogP contribution in [-0.2, 0) is 0 Å². The molecule has 0 bridgehead atoms. The Bertz CT molecular complexity index is 612. The van der Waals surface area contributed by atoms with Crippen molar-refractivity contribution in [3.63, 3.8) is 0 Å². The second-order valence-corrected chi connectivity index (χ2v) is 5.18. The van der Waals surface area contributed by atoms with Gasteiger partial charge in [0.05, 0.1) is 9.75 Å². The molecule has 0 aliphatic carbocycles. The Hall–Kier alpha value is -1.76. The van der Waals surface area contributed by atoms with Gasteiger partial charge in [0.2, 0.25) is 11.8 Å². The van der Waals surface area contributed by atoms with E-state index in [0.29, 0.717) is 22.9 Å². The molecule has 2 rings (SSSR count). The van der Waals surface area contributed by atoms with Crippen molar-refractivity contribution in [1.82, 2.24) is 10.2 Å². The zero-order valence-electron chi connectivity index (χ0n) is 10.5. The molecule has 0 saturated carbocycles. The van der Waals surface area contributed by atoms with Crippen molar-refractivity contribution in [2.24, 2.45) is 0 Å². The fourth-order valence-electron chi connectivity index (χ4n) is 1.65. The van der Waals surface area contributed by atoms with E-state index in [-0.39, 0.29) is 10.5 Å². The monoisotopic (exact) mass is 325 g/mol. The minimum absolute atomic E-state index is 0.0212. The van der Waals surface area contributed by atoms with Crippen LogP contribution in [0, 0.1) is 17.0 Å². The van der Waals surface area contributed by atoms with Crippen molar-refractivity contribution < 1.29 is 9.34 Å². The summed E-state index contributed by atoms with van der Waals surface area (Å²) in [7, 11) is 0. The first-order valence-corrected chi connectivity index (χ1v) is 6.67. The Morgan fingerprint density at radius 3 is 2.79 bits per heavy atom. The summed E-state index contributed by atoms with van der Waals surface area (Å²) in [5.74, 6) is 0.874. The normalized spacial score (nSPS) is 12.4. The van der Waals surface area contributed by atoms with Crippen molar-refractivity contribution in [3.8, 4) is 11.5 Å². The number of aromatic nitrogens is 2. The van der Waals surface area contributed by atoms with E-state index in [1.54, 1.807) is 19.1 Å². The molecule has 0 saturated heterocycles. The van der Waals surface area contributed by atoms with E-state index in [0.717, 1.165) is 6.42 Å². The van der Waals surface area contributed by atoms with E-state index in [4.69, 9.17) is 4.42 Å². The number of aryl methyl sites for hydroxylation is 1. The second kappa shape index (κ2) is 5.48. The molecule has 0 fully saturated rings. The molecule has 6 nitrogen and oxygen atoms in total. The van der Waals surface area contributed by atoms with E-state index < -0.39 is 4.92 Å². The Morgan fingerprint density at radius 1 is 1.47 bits per heavy atom. The zero-order valence-corrected chi connectivity index (χ0v) is 12.0. The van der Waals surface area contributed by atoms with Gasteiger partial charge in [-0.3, -0.25) is 10.1 Å². The van der Waals surface area contributed by atoms with Crippen LogP contribution in [0.1, 0.15) is 29.6 Å². The van der Waals surface area contributed by atoms with Gasteiger partial charge in [-0.15, -0.1) is 10.2 Å². The van der Waals surface area contributed by atoms with Crippen LogP contribution in [-0.4, -0.2) is 15.1 Å². The fraction of sp³-hybridized carbons (Fsp3) is 0.333. The SMILES string of the molecule is CCC(Br)c1nnc(-c2ccc([N+](=O)[O-])c(C)c2)o1. The van der Waals surface area contributed by atoms with Crippen molar-refractivity contribution in [2.75, 3.05) is 0 Å². The smallest absolute Gasteiger partial charge is 0.272 e. The third-order valence-corrected chi connectivity index (χ3v) is 3.75. The molecule has 0 spiro atoms. The Labute approximate surface area is 118 Å². The van der Waals surface area contributed by atoms with Crippen molar-refractivity contribution in [3.05, 3.63) is 39.8 Å². The van der Waals surface area contributed by atoms with Crippen LogP contribution in [0.3, 0.4) is 0 Å². The van der Waals surface area contributed by atoms with E-state index in [9.17, 15) is 10.1 Å². The molecule has 0 radical (unpaired) electrons. The topological polar surface area (TPSA) is 82.1 Å². The molecule has 1 aromatic heterocycles. The van der Waals surface area contributed by atoms with Gasteiger partial charge < -0.3 is 4.42 Å². The molecule has 7 heteroatoms. The number of hydrogen-bond donors (Lipinski definition) is 0. The largest absolute Gasteiger partial charge is 0.419 e. The minimum atomic E-state index is -0.413. The molecule has 100 valence electrons. The second-order valence-electron chi connectivity index (χ2n) is 4.08. The highest BCUT2D eigenvalue weighted by Crippen LogP contribution is 2.29. The first-order valence-electron chi connectivity index (χ1n) is 5.75. The number of hydrogen-bond acceptors (Lipinski definition) is 5. The van der Waals surface area contributed by atoms with E-state index in [1.165, 1.54) is 6.07 Å². The van der Waals surface area contributed by atoms with Crippen LogP contribution in [0.15, 0.2) is 22.6 Å². The van der Waals surface area contributed by atoms with Gasteiger partial charge in [0, 0.05) is 17.2 Å². The van der Waals surface area contributed by atoms with Crippen LogP contribution >= 0.6 is 15.9 Å². The minimum Gasteiger partial charge on any atom is -0.419 e. The lowest BCUT2D eigenvalue weighted by Gasteiger charge is -2.00. The summed E-state index contributed by atoms with van der Waals surface area (Å²) < 4.78 is 5.54. The number of nitrogens with zero attached hydrogens (tertiary/aromatic N) is 3. The van der Waals surface area contributed by atoms with Crippen LogP contribution in [0.25, 0.3) is 11.5 Å². The Kier molecular flexibility index (Phi) is 3.94. The summed E-state index contributed by atoms with van der Waals surface area (Å²) in [6, 6.07) is 4.72. The summed E-state index contributed by atoms with van der Waals surface area (Å²) >= 11 is 3.43. The molecule has 0 aliphatic heterocycles. The van der Waals surface area contributed by atoms with E-state index in [1.807, 2.05) is 6.92 Å². The first-order chi connectivity index (χ1) is 9.02. The van der Waals surface area contributed by atoms with Crippen LogP contribution in [0.5, 0.6) is 0 Å². The van der Waals surface area contributed by atoms with Crippen LogP contribution in [0.2, 0.25) is 0 Å². The van der Waals surface area contributed by atoms with Gasteiger partial charge in [0.15, 0.2) is 0 Å². The lowest BCUT2D eigenvalue weighted by molar-refractivity contribution is -0.385. The van der Waals surface area contributed by atoms with Gasteiger partial charge >= 0.3 is 0 Å². The number of rotatable bonds is 4. The van der Waals surface area contributed by atoms with Crippen LogP contribution in [0.4, 0.5) is 5.69 Å². The molecule has 1 heterocycles. The highest BCUT2D eigenvalue weighted by atomic mass is 79.9. The fourth-order valence-corrected chi connectivity index (χ4v) is 1.83. The van der Waals surface area contributed by atoms with Gasteiger partial charge in [0.25, 0.3) is 5.69 Å². The number of nitro benzene ring substituents is 1. The molecule has 0 amide bonds. The van der Waals surface area contributed by atoms with E-state index in [2.05, 4.69) is 26.1 Å². The quantitative estimate of drug-likeness (QED) is 0.485. The predicted molar refractivity (Wildman–Crippen MR) is 73.1 cm³/mol. The molecular weight excluding hydrogens is 314 g/mol. The summed E-state index contributed by atoms with van der Waals surface area (Å²) in [6.45, 7) is 3.68. The van der Waals surface area contributed by atoms with Gasteiger partial charge in [0.1, 0.15) is 0 Å². The summed E-state index contributed by atoms with van der Waals surface area (Å²) in [4.78, 5) is 10.4. The highest BCUT2D eigenvalue weighted by Gasteiger charge is 2.17. The Balaban J connectivity index is 2.35. The number of halogens is 1. The molecule has 1 atom stereocenters. The average Bonchev–Trinajstić information content (AvgIpc) is 2.86. The van der Waals surface area contributed by atoms with Gasteiger partial charge in [-0.1, -0.05) is 22.9 Å². The maximum absolute atomic E-state index is 10.7. The summed E-state index contributed by atoms with van der Waals surface area (Å²) in [5, 5.41) is 18.7. The molecule has 0 N–H and O–H groups in total. The van der Waals surface area contributed by atoms with Crippen molar-refractivity contribution in [2.45, 2.75) is 25.1 Å². The van der Waals surface area contributed by atoms with Crippen LogP contribution < -0.4 is 0 Å². The first kappa shape index (κ1) is 13.7. The maximum Gasteiger partial charge on any atom is 0.272 e. The lowest BCUT2D eigenvalue weighted by atomic mass is 10.1. The Morgan fingerprint density at radius 2 is 2.21 bits per heavy atom. The van der Waals surface area contributed by atoms with Crippen molar-refractivity contribution >= 4 is 21.6 Å². The average molecular weight is 326 g/mol. The lowest BCUT2D eigenvalue weighted by Crippen LogP contribution is -1.91. The molecule has 1 aromatic carbocycles. The molecule has 0 aliphatic rings. The van der Waals surface area contributed by atoms with Gasteiger partial charge in [-0.2, -0.15) is 0 Å². The van der Waals surface area contributed by atoms with Gasteiger partial charge in [-0.05, 0) is 25.5 Å². The maximum atomic E-state index is 10.7. The zero-order chi connectivity index (χ0) is 14.0. The predicted octanol–water partition coefficient (Wildman–Crippen LogP) is 3.80. The molecule has 19 heavy (non-hydrogen) atoms. The third-order valence-electron chi connectivity index (χ3n) is 2.71. The number of benzene rings is 1. The summed E-state index contributed by atoms with van der Waals surface area (Å²) in [6.07, 6.45) is 0.834. The molecule has 1 unspecified atom stereocenters. The highest BCUT2D eigenvalue weighted by molar-refractivity contribution is 9.09.